The number of halogens is 2. The van der Waals surface area contributed by atoms with E-state index >= 15 is 0 Å². The first kappa shape index (κ1) is 11.1. The summed E-state index contributed by atoms with van der Waals surface area (Å²) in [5.74, 6) is 1.27. The third-order valence-corrected chi connectivity index (χ3v) is 3.02. The molecule has 1 aromatic rings. The van der Waals surface area contributed by atoms with Crippen LogP contribution in [-0.2, 0) is 6.54 Å². The number of nitrogens with two attached hydrogens (primary N) is 1. The zero-order valence-corrected chi connectivity index (χ0v) is 9.81. The minimum atomic E-state index is 0.433. The van der Waals surface area contributed by atoms with Gasteiger partial charge in [0.25, 0.3) is 0 Å². The van der Waals surface area contributed by atoms with E-state index in [0.29, 0.717) is 34.9 Å². The topological polar surface area (TPSA) is 35.2 Å². The van der Waals surface area contributed by atoms with Gasteiger partial charge in [-0.2, -0.15) is 0 Å². The maximum absolute atomic E-state index is 6.05. The van der Waals surface area contributed by atoms with Crippen LogP contribution >= 0.6 is 23.2 Å². The highest BCUT2D eigenvalue weighted by molar-refractivity contribution is 6.37. The summed E-state index contributed by atoms with van der Waals surface area (Å²) in [6.45, 7) is 1.14. The van der Waals surface area contributed by atoms with Gasteiger partial charge in [-0.3, -0.25) is 0 Å². The van der Waals surface area contributed by atoms with E-state index in [-0.39, 0.29) is 0 Å². The molecule has 0 atom stereocenters. The first-order valence-corrected chi connectivity index (χ1v) is 5.77. The van der Waals surface area contributed by atoms with Crippen LogP contribution in [0.4, 0.5) is 0 Å². The van der Waals surface area contributed by atoms with Crippen molar-refractivity contribution in [1.29, 1.82) is 0 Å². The molecule has 0 heterocycles. The molecule has 2 rings (SSSR count). The van der Waals surface area contributed by atoms with Crippen LogP contribution in [0.5, 0.6) is 5.75 Å². The monoisotopic (exact) mass is 245 g/mol. The molecule has 0 radical (unpaired) electrons. The molecule has 1 aromatic carbocycles. The summed E-state index contributed by atoms with van der Waals surface area (Å²) in [7, 11) is 0. The van der Waals surface area contributed by atoms with E-state index in [9.17, 15) is 0 Å². The van der Waals surface area contributed by atoms with E-state index in [0.717, 1.165) is 5.56 Å². The first-order valence-electron chi connectivity index (χ1n) is 5.01. The highest BCUT2D eigenvalue weighted by Crippen LogP contribution is 2.36. The van der Waals surface area contributed by atoms with Gasteiger partial charge in [-0.15, -0.1) is 0 Å². The molecular formula is C11H13Cl2NO. The molecule has 1 aliphatic rings. The summed E-state index contributed by atoms with van der Waals surface area (Å²) in [6.07, 6.45) is 2.49. The molecule has 1 fully saturated rings. The average Bonchev–Trinajstić information content (AvgIpc) is 3.00. The summed E-state index contributed by atoms with van der Waals surface area (Å²) in [5.41, 5.74) is 6.43. The Morgan fingerprint density at radius 3 is 2.33 bits per heavy atom. The Kier molecular flexibility index (Phi) is 3.39. The lowest BCUT2D eigenvalue weighted by Crippen LogP contribution is -2.02. The van der Waals surface area contributed by atoms with Gasteiger partial charge >= 0.3 is 0 Å². The van der Waals surface area contributed by atoms with Crippen molar-refractivity contribution >= 4 is 23.2 Å². The molecule has 0 saturated heterocycles. The van der Waals surface area contributed by atoms with E-state index < -0.39 is 0 Å². The molecule has 15 heavy (non-hydrogen) atoms. The van der Waals surface area contributed by atoms with Crippen LogP contribution in [0.25, 0.3) is 0 Å². The van der Waals surface area contributed by atoms with E-state index in [2.05, 4.69) is 0 Å². The minimum absolute atomic E-state index is 0.433. The highest BCUT2D eigenvalue weighted by Gasteiger charge is 2.23. The lowest BCUT2D eigenvalue weighted by molar-refractivity contribution is 0.300. The highest BCUT2D eigenvalue weighted by atomic mass is 35.5. The average molecular weight is 246 g/mol. The van der Waals surface area contributed by atoms with Gasteiger partial charge in [0.05, 0.1) is 16.7 Å². The molecule has 0 amide bonds. The molecule has 0 aliphatic heterocycles. The number of rotatable bonds is 4. The largest absolute Gasteiger partial charge is 0.490 e. The van der Waals surface area contributed by atoms with Crippen molar-refractivity contribution in [2.24, 2.45) is 11.7 Å². The zero-order chi connectivity index (χ0) is 10.8. The molecule has 1 saturated carbocycles. The van der Waals surface area contributed by atoms with Crippen LogP contribution in [-0.4, -0.2) is 6.61 Å². The van der Waals surface area contributed by atoms with Crippen LogP contribution in [0.2, 0.25) is 10.0 Å². The number of ether oxygens (including phenoxy) is 1. The van der Waals surface area contributed by atoms with Crippen LogP contribution in [0, 0.1) is 5.92 Å². The molecule has 1 aliphatic carbocycles. The zero-order valence-electron chi connectivity index (χ0n) is 8.30. The molecule has 0 bridgehead atoms. The smallest absolute Gasteiger partial charge is 0.156 e. The Hall–Kier alpha value is -0.440. The fourth-order valence-corrected chi connectivity index (χ4v) is 2.00. The van der Waals surface area contributed by atoms with Gasteiger partial charge in [-0.05, 0) is 36.5 Å². The second kappa shape index (κ2) is 4.60. The summed E-state index contributed by atoms with van der Waals surface area (Å²) in [5, 5.41) is 1.09. The van der Waals surface area contributed by atoms with Crippen LogP contribution in [0.1, 0.15) is 18.4 Å². The van der Waals surface area contributed by atoms with E-state index in [1.54, 1.807) is 12.1 Å². The Morgan fingerprint density at radius 1 is 1.27 bits per heavy atom. The summed E-state index contributed by atoms with van der Waals surface area (Å²) >= 11 is 12.1. The molecule has 4 heteroatoms. The van der Waals surface area contributed by atoms with Crippen molar-refractivity contribution in [3.05, 3.63) is 27.7 Å². The fourth-order valence-electron chi connectivity index (χ4n) is 1.35. The lowest BCUT2D eigenvalue weighted by atomic mass is 10.2. The van der Waals surface area contributed by atoms with Gasteiger partial charge in [-0.25, -0.2) is 0 Å². The van der Waals surface area contributed by atoms with E-state index in [1.807, 2.05) is 0 Å². The maximum atomic E-state index is 6.05. The molecule has 2 nitrogen and oxygen atoms in total. The summed E-state index contributed by atoms with van der Waals surface area (Å²) < 4.78 is 5.59. The third-order valence-electron chi connectivity index (χ3n) is 2.45. The van der Waals surface area contributed by atoms with Crippen LogP contribution in [0.15, 0.2) is 12.1 Å². The molecule has 0 unspecified atom stereocenters. The van der Waals surface area contributed by atoms with Gasteiger partial charge in [0, 0.05) is 6.54 Å². The SMILES string of the molecule is NCc1cc(Cl)c(OCC2CC2)c(Cl)c1. The van der Waals surface area contributed by atoms with Crippen molar-refractivity contribution in [1.82, 2.24) is 0 Å². The van der Waals surface area contributed by atoms with Gasteiger partial charge in [0.1, 0.15) is 0 Å². The molecule has 0 aromatic heterocycles. The first-order chi connectivity index (χ1) is 7.20. The Labute approximate surface area is 99.3 Å². The minimum Gasteiger partial charge on any atom is -0.490 e. The van der Waals surface area contributed by atoms with Gasteiger partial charge in [-0.1, -0.05) is 23.2 Å². The summed E-state index contributed by atoms with van der Waals surface area (Å²) in [6, 6.07) is 3.60. The maximum Gasteiger partial charge on any atom is 0.156 e. The molecule has 82 valence electrons. The standard InChI is InChI=1S/C11H13Cl2NO/c12-9-3-8(5-14)4-10(13)11(9)15-6-7-1-2-7/h3-4,7H,1-2,5-6,14H2. The number of benzene rings is 1. The molecule has 0 spiro atoms. The number of hydrogen-bond acceptors (Lipinski definition) is 2. The van der Waals surface area contributed by atoms with E-state index in [4.69, 9.17) is 33.7 Å². The number of hydrogen-bond donors (Lipinski definition) is 1. The second-order valence-corrected chi connectivity index (χ2v) is 4.66. The fraction of sp³-hybridized carbons (Fsp3) is 0.455. The second-order valence-electron chi connectivity index (χ2n) is 3.85. The predicted molar refractivity (Wildman–Crippen MR) is 62.6 cm³/mol. The Bertz CT molecular complexity index is 341. The Morgan fingerprint density at radius 2 is 1.87 bits per heavy atom. The van der Waals surface area contributed by atoms with Crippen molar-refractivity contribution in [3.8, 4) is 5.75 Å². The van der Waals surface area contributed by atoms with Crippen LogP contribution < -0.4 is 10.5 Å². The van der Waals surface area contributed by atoms with Crippen molar-refractivity contribution in [3.63, 3.8) is 0 Å². The van der Waals surface area contributed by atoms with Crippen molar-refractivity contribution in [2.45, 2.75) is 19.4 Å². The predicted octanol–water partition coefficient (Wildman–Crippen LogP) is 3.24. The normalized spacial score (nSPS) is 15.4. The summed E-state index contributed by atoms with van der Waals surface area (Å²) in [4.78, 5) is 0. The Balaban J connectivity index is 2.13. The third kappa shape index (κ3) is 2.77. The van der Waals surface area contributed by atoms with Gasteiger partial charge < -0.3 is 10.5 Å². The van der Waals surface area contributed by atoms with Crippen molar-refractivity contribution < 1.29 is 4.74 Å². The van der Waals surface area contributed by atoms with Crippen LogP contribution in [0.3, 0.4) is 0 Å². The quantitative estimate of drug-likeness (QED) is 0.885. The van der Waals surface area contributed by atoms with Gasteiger partial charge in [0.15, 0.2) is 5.75 Å². The molecule has 2 N–H and O–H groups in total. The van der Waals surface area contributed by atoms with Gasteiger partial charge in [0.2, 0.25) is 0 Å². The van der Waals surface area contributed by atoms with Crippen molar-refractivity contribution in [2.75, 3.05) is 6.61 Å². The molecular weight excluding hydrogens is 233 g/mol. The van der Waals surface area contributed by atoms with E-state index in [1.165, 1.54) is 12.8 Å². The lowest BCUT2D eigenvalue weighted by Gasteiger charge is -2.10.